The van der Waals surface area contributed by atoms with Crippen LogP contribution < -0.4 is 15.4 Å². The van der Waals surface area contributed by atoms with Crippen LogP contribution in [0.1, 0.15) is 12.0 Å². The van der Waals surface area contributed by atoms with Gasteiger partial charge in [0.25, 0.3) is 0 Å². The minimum Gasteiger partial charge on any atom is -0.490 e. The number of nitro benzene ring substituents is 1. The van der Waals surface area contributed by atoms with Crippen molar-refractivity contribution < 1.29 is 14.5 Å². The summed E-state index contributed by atoms with van der Waals surface area (Å²) in [5.41, 5.74) is 0.745. The monoisotopic (exact) mass is 361 g/mol. The summed E-state index contributed by atoms with van der Waals surface area (Å²) < 4.78 is 4.96. The van der Waals surface area contributed by atoms with Gasteiger partial charge in [0.15, 0.2) is 5.75 Å². The largest absolute Gasteiger partial charge is 0.490 e. The maximum absolute atomic E-state index is 11.8. The number of halogens is 1. The number of benzene rings is 1. The summed E-state index contributed by atoms with van der Waals surface area (Å²) in [6, 6.07) is 5.07. The third kappa shape index (κ3) is 5.89. The Morgan fingerprint density at radius 3 is 2.96 bits per heavy atom. The zero-order valence-corrected chi connectivity index (χ0v) is 14.4. The fourth-order valence-corrected chi connectivity index (χ4v) is 3.06. The number of methoxy groups -OCH3 is 1. The van der Waals surface area contributed by atoms with Gasteiger partial charge in [-0.3, -0.25) is 14.9 Å². The van der Waals surface area contributed by atoms with Gasteiger partial charge in [-0.15, -0.1) is 24.2 Å². The van der Waals surface area contributed by atoms with E-state index in [4.69, 9.17) is 4.74 Å². The van der Waals surface area contributed by atoms with Crippen LogP contribution in [0.2, 0.25) is 0 Å². The van der Waals surface area contributed by atoms with Gasteiger partial charge in [0.05, 0.1) is 17.8 Å². The smallest absolute Gasteiger partial charge is 0.311 e. The van der Waals surface area contributed by atoms with Crippen molar-refractivity contribution in [3.05, 3.63) is 33.9 Å². The van der Waals surface area contributed by atoms with Crippen LogP contribution >= 0.6 is 24.2 Å². The molecular weight excluding hydrogens is 342 g/mol. The molecule has 0 radical (unpaired) electrons. The summed E-state index contributed by atoms with van der Waals surface area (Å²) in [4.78, 5) is 22.3. The van der Waals surface area contributed by atoms with Crippen LogP contribution in [0, 0.1) is 10.1 Å². The van der Waals surface area contributed by atoms with Crippen molar-refractivity contribution in [1.29, 1.82) is 0 Å². The highest BCUT2D eigenvalue weighted by molar-refractivity contribution is 7.99. The van der Waals surface area contributed by atoms with Gasteiger partial charge in [0.2, 0.25) is 5.91 Å². The van der Waals surface area contributed by atoms with E-state index in [1.54, 1.807) is 12.1 Å². The van der Waals surface area contributed by atoms with E-state index in [2.05, 4.69) is 10.6 Å². The molecule has 7 nitrogen and oxygen atoms in total. The highest BCUT2D eigenvalue weighted by Gasteiger charge is 2.17. The quantitative estimate of drug-likeness (QED) is 0.567. The number of thioether (sulfide) groups is 1. The zero-order valence-electron chi connectivity index (χ0n) is 12.7. The van der Waals surface area contributed by atoms with E-state index in [1.807, 2.05) is 0 Å². The van der Waals surface area contributed by atoms with Gasteiger partial charge in [-0.1, -0.05) is 6.07 Å². The first-order chi connectivity index (χ1) is 10.6. The summed E-state index contributed by atoms with van der Waals surface area (Å²) >= 11 is 1.44. The summed E-state index contributed by atoms with van der Waals surface area (Å²) in [5, 5.41) is 17.1. The predicted octanol–water partition coefficient (Wildman–Crippen LogP) is 1.74. The van der Waals surface area contributed by atoms with E-state index >= 15 is 0 Å². The molecule has 1 aliphatic heterocycles. The molecule has 0 aliphatic carbocycles. The molecule has 0 bridgehead atoms. The number of nitrogens with zero attached hydrogens (tertiary/aromatic N) is 1. The van der Waals surface area contributed by atoms with Crippen molar-refractivity contribution in [3.8, 4) is 5.75 Å². The second kappa shape index (κ2) is 9.59. The van der Waals surface area contributed by atoms with Gasteiger partial charge < -0.3 is 15.4 Å². The number of carbonyl (C=O) groups is 1. The average molecular weight is 362 g/mol. The van der Waals surface area contributed by atoms with E-state index < -0.39 is 4.92 Å². The minimum atomic E-state index is -0.465. The molecule has 0 saturated carbocycles. The second-order valence-electron chi connectivity index (χ2n) is 5.01. The van der Waals surface area contributed by atoms with Crippen LogP contribution in [0.5, 0.6) is 5.75 Å². The molecule has 1 atom stereocenters. The summed E-state index contributed by atoms with van der Waals surface area (Å²) in [5.74, 6) is 1.13. The zero-order chi connectivity index (χ0) is 15.9. The Bertz CT molecular complexity index is 553. The molecule has 0 aromatic heterocycles. The maximum Gasteiger partial charge on any atom is 0.311 e. The van der Waals surface area contributed by atoms with E-state index in [0.29, 0.717) is 11.5 Å². The van der Waals surface area contributed by atoms with Crippen molar-refractivity contribution in [1.82, 2.24) is 10.6 Å². The first kappa shape index (κ1) is 19.5. The molecule has 1 aromatic rings. The normalized spacial score (nSPS) is 16.5. The molecule has 1 heterocycles. The Morgan fingerprint density at radius 1 is 1.57 bits per heavy atom. The lowest BCUT2D eigenvalue weighted by molar-refractivity contribution is -0.385. The number of nitrogens with one attached hydrogen (secondary N) is 2. The fourth-order valence-electron chi connectivity index (χ4n) is 2.28. The summed E-state index contributed by atoms with van der Waals surface area (Å²) in [6.07, 6.45) is 0.959. The van der Waals surface area contributed by atoms with Gasteiger partial charge in [0.1, 0.15) is 0 Å². The van der Waals surface area contributed by atoms with Gasteiger partial charge in [0, 0.05) is 24.4 Å². The highest BCUT2D eigenvalue weighted by atomic mass is 35.5. The predicted molar refractivity (Wildman–Crippen MR) is 92.5 cm³/mol. The van der Waals surface area contributed by atoms with Crippen molar-refractivity contribution in [2.24, 2.45) is 0 Å². The Balaban J connectivity index is 0.00000264. The van der Waals surface area contributed by atoms with Crippen molar-refractivity contribution in [2.75, 3.05) is 26.0 Å². The van der Waals surface area contributed by atoms with Gasteiger partial charge >= 0.3 is 5.69 Å². The van der Waals surface area contributed by atoms with Crippen LogP contribution in [-0.2, 0) is 10.5 Å². The van der Waals surface area contributed by atoms with Gasteiger partial charge in [-0.05, 0) is 24.6 Å². The molecular formula is C14H20ClN3O4S. The molecule has 1 fully saturated rings. The molecule has 1 aliphatic rings. The standard InChI is InChI=1S/C14H19N3O4S.ClH/c1-21-13-3-2-10(6-12(13)17(19)20)8-22-9-14(18)16-11-4-5-15-7-11;/h2-3,6,11,15H,4-5,7-9H2,1H3,(H,16,18);1H. The fraction of sp³-hybridized carbons (Fsp3) is 0.500. The van der Waals surface area contributed by atoms with Crippen LogP contribution in [-0.4, -0.2) is 42.8 Å². The number of hydrogen-bond acceptors (Lipinski definition) is 6. The Labute approximate surface area is 145 Å². The Kier molecular flexibility index (Phi) is 8.15. The SMILES string of the molecule is COc1ccc(CSCC(=O)NC2CCNC2)cc1[N+](=O)[O-].Cl. The lowest BCUT2D eigenvalue weighted by Gasteiger charge is -2.11. The highest BCUT2D eigenvalue weighted by Crippen LogP contribution is 2.28. The van der Waals surface area contributed by atoms with Crippen molar-refractivity contribution in [3.63, 3.8) is 0 Å². The number of hydrogen-bond donors (Lipinski definition) is 2. The Hall–Kier alpha value is -1.51. The molecule has 1 saturated heterocycles. The number of carbonyl (C=O) groups excluding carboxylic acids is 1. The molecule has 1 aromatic carbocycles. The molecule has 2 rings (SSSR count). The van der Waals surface area contributed by atoms with E-state index in [0.717, 1.165) is 25.1 Å². The lowest BCUT2D eigenvalue weighted by Crippen LogP contribution is -2.37. The van der Waals surface area contributed by atoms with E-state index in [9.17, 15) is 14.9 Å². The molecule has 2 N–H and O–H groups in total. The number of rotatable bonds is 7. The topological polar surface area (TPSA) is 93.5 Å². The molecule has 9 heteroatoms. The van der Waals surface area contributed by atoms with Gasteiger partial charge in [-0.25, -0.2) is 0 Å². The van der Waals surface area contributed by atoms with Crippen molar-refractivity contribution in [2.45, 2.75) is 18.2 Å². The van der Waals surface area contributed by atoms with Gasteiger partial charge in [-0.2, -0.15) is 0 Å². The third-order valence-electron chi connectivity index (χ3n) is 3.37. The first-order valence-electron chi connectivity index (χ1n) is 6.99. The average Bonchev–Trinajstić information content (AvgIpc) is 2.99. The summed E-state index contributed by atoms with van der Waals surface area (Å²) in [7, 11) is 1.40. The first-order valence-corrected chi connectivity index (χ1v) is 8.14. The second-order valence-corrected chi connectivity index (χ2v) is 6.00. The molecule has 1 unspecified atom stereocenters. The van der Waals surface area contributed by atoms with Crippen LogP contribution in [0.15, 0.2) is 18.2 Å². The molecule has 23 heavy (non-hydrogen) atoms. The number of amides is 1. The number of ether oxygens (including phenoxy) is 1. The van der Waals surface area contributed by atoms with Crippen molar-refractivity contribution >= 4 is 35.8 Å². The van der Waals surface area contributed by atoms with E-state index in [1.165, 1.54) is 24.9 Å². The maximum atomic E-state index is 11.8. The van der Waals surface area contributed by atoms with Crippen LogP contribution in [0.4, 0.5) is 5.69 Å². The lowest BCUT2D eigenvalue weighted by atomic mass is 10.2. The molecule has 0 spiro atoms. The minimum absolute atomic E-state index is 0. The van der Waals surface area contributed by atoms with E-state index in [-0.39, 0.29) is 35.8 Å². The third-order valence-corrected chi connectivity index (χ3v) is 4.37. The number of nitro groups is 1. The summed E-state index contributed by atoms with van der Waals surface area (Å²) in [6.45, 7) is 1.76. The van der Waals surface area contributed by atoms with Crippen LogP contribution in [0.25, 0.3) is 0 Å². The molecule has 128 valence electrons. The Morgan fingerprint density at radius 2 is 2.35 bits per heavy atom. The molecule has 1 amide bonds. The van der Waals surface area contributed by atoms with Crippen LogP contribution in [0.3, 0.4) is 0 Å².